The molecule has 1 aliphatic carbocycles. The average Bonchev–Trinajstić information content (AvgIpc) is 2.43. The Kier molecular flexibility index (Phi) is 6.80. The first-order valence-corrected chi connectivity index (χ1v) is 7.68. The lowest BCUT2D eigenvalue weighted by molar-refractivity contribution is -0.123. The van der Waals surface area contributed by atoms with Gasteiger partial charge in [0.1, 0.15) is 0 Å². The Balaban J connectivity index is 2.22. The Hall–Kier alpha value is -0.610. The van der Waals surface area contributed by atoms with Crippen molar-refractivity contribution in [3.63, 3.8) is 0 Å². The number of amides is 1. The Bertz CT molecular complexity index is 273. The van der Waals surface area contributed by atoms with Crippen LogP contribution < -0.4 is 11.1 Å². The molecule has 0 spiro atoms. The smallest absolute Gasteiger partial charge is 0.220 e. The van der Waals surface area contributed by atoms with Crippen molar-refractivity contribution in [1.29, 1.82) is 0 Å². The third kappa shape index (κ3) is 5.91. The summed E-state index contributed by atoms with van der Waals surface area (Å²) in [5.74, 6) is 1.17. The third-order valence-electron chi connectivity index (χ3n) is 4.49. The van der Waals surface area contributed by atoms with Crippen molar-refractivity contribution < 1.29 is 9.90 Å². The summed E-state index contributed by atoms with van der Waals surface area (Å²) in [5, 5.41) is 13.3. The maximum Gasteiger partial charge on any atom is 0.220 e. The molecule has 1 aliphatic rings. The van der Waals surface area contributed by atoms with Crippen LogP contribution in [0.4, 0.5) is 0 Å². The second-order valence-electron chi connectivity index (χ2n) is 6.23. The Morgan fingerprint density at radius 2 is 2.11 bits per heavy atom. The van der Waals surface area contributed by atoms with E-state index in [0.29, 0.717) is 25.4 Å². The Labute approximate surface area is 117 Å². The monoisotopic (exact) mass is 270 g/mol. The summed E-state index contributed by atoms with van der Waals surface area (Å²) >= 11 is 0. The minimum Gasteiger partial charge on any atom is -0.388 e. The van der Waals surface area contributed by atoms with Crippen LogP contribution in [0, 0.1) is 11.8 Å². The van der Waals surface area contributed by atoms with Gasteiger partial charge in [0, 0.05) is 13.0 Å². The average molecular weight is 270 g/mol. The fraction of sp³-hybridized carbons (Fsp3) is 0.933. The molecule has 19 heavy (non-hydrogen) atoms. The molecular formula is C15H30N2O2. The molecule has 1 saturated carbocycles. The quantitative estimate of drug-likeness (QED) is 0.660. The van der Waals surface area contributed by atoms with Crippen molar-refractivity contribution in [2.24, 2.45) is 17.6 Å². The lowest BCUT2D eigenvalue weighted by Gasteiger charge is -2.35. The first kappa shape index (κ1) is 16.4. The van der Waals surface area contributed by atoms with Crippen LogP contribution in [-0.2, 0) is 4.79 Å². The van der Waals surface area contributed by atoms with Crippen LogP contribution in [0.3, 0.4) is 0 Å². The summed E-state index contributed by atoms with van der Waals surface area (Å²) in [5.41, 5.74) is 4.84. The topological polar surface area (TPSA) is 75.3 Å². The highest BCUT2D eigenvalue weighted by Crippen LogP contribution is 2.33. The molecule has 112 valence electrons. The second-order valence-corrected chi connectivity index (χ2v) is 6.23. The zero-order valence-corrected chi connectivity index (χ0v) is 12.5. The number of carbonyl (C=O) groups is 1. The molecule has 0 aromatic heterocycles. The minimum atomic E-state index is -0.680. The molecule has 0 bridgehead atoms. The van der Waals surface area contributed by atoms with Gasteiger partial charge in [-0.25, -0.2) is 0 Å². The molecule has 0 aliphatic heterocycles. The van der Waals surface area contributed by atoms with Gasteiger partial charge in [-0.2, -0.15) is 0 Å². The molecule has 0 radical (unpaired) electrons. The van der Waals surface area contributed by atoms with Gasteiger partial charge in [0.05, 0.1) is 5.60 Å². The molecule has 4 N–H and O–H groups in total. The molecule has 4 nitrogen and oxygen atoms in total. The van der Waals surface area contributed by atoms with Gasteiger partial charge in [-0.05, 0) is 50.5 Å². The highest BCUT2D eigenvalue weighted by Gasteiger charge is 2.32. The number of rotatable bonds is 7. The van der Waals surface area contributed by atoms with Crippen molar-refractivity contribution in [1.82, 2.24) is 5.32 Å². The van der Waals surface area contributed by atoms with E-state index in [2.05, 4.69) is 12.2 Å². The number of nitrogens with two attached hydrogens (primary N) is 1. The van der Waals surface area contributed by atoms with Gasteiger partial charge in [-0.15, -0.1) is 0 Å². The van der Waals surface area contributed by atoms with Crippen LogP contribution in [0.15, 0.2) is 0 Å². The fourth-order valence-electron chi connectivity index (χ4n) is 2.65. The van der Waals surface area contributed by atoms with Crippen LogP contribution in [0.1, 0.15) is 58.8 Å². The summed E-state index contributed by atoms with van der Waals surface area (Å²) in [6.07, 6.45) is 6.29. The SMILES string of the molecule is CCC1CCC(O)(CNC(=O)CCC(C)CN)CC1. The number of hydrogen-bond acceptors (Lipinski definition) is 3. The molecule has 0 aromatic rings. The third-order valence-corrected chi connectivity index (χ3v) is 4.49. The minimum absolute atomic E-state index is 0.0336. The second kappa shape index (κ2) is 7.85. The van der Waals surface area contributed by atoms with Crippen LogP contribution in [0.2, 0.25) is 0 Å². The van der Waals surface area contributed by atoms with Gasteiger partial charge < -0.3 is 16.2 Å². The highest BCUT2D eigenvalue weighted by atomic mass is 16.3. The number of hydrogen-bond donors (Lipinski definition) is 3. The van der Waals surface area contributed by atoms with Crippen LogP contribution >= 0.6 is 0 Å². The lowest BCUT2D eigenvalue weighted by Crippen LogP contribution is -2.45. The molecular weight excluding hydrogens is 240 g/mol. The predicted molar refractivity (Wildman–Crippen MR) is 77.7 cm³/mol. The predicted octanol–water partition coefficient (Wildman–Crippen LogP) is 1.81. The number of carbonyl (C=O) groups excluding carboxylic acids is 1. The summed E-state index contributed by atoms with van der Waals surface area (Å²) in [6.45, 7) is 5.27. The Morgan fingerprint density at radius 1 is 1.47 bits per heavy atom. The summed E-state index contributed by atoms with van der Waals surface area (Å²) in [7, 11) is 0. The zero-order chi connectivity index (χ0) is 14.3. The van der Waals surface area contributed by atoms with Crippen molar-refractivity contribution in [2.75, 3.05) is 13.1 Å². The fourth-order valence-corrected chi connectivity index (χ4v) is 2.65. The van der Waals surface area contributed by atoms with Gasteiger partial charge in [0.25, 0.3) is 0 Å². The molecule has 1 atom stereocenters. The van der Waals surface area contributed by atoms with E-state index in [1.54, 1.807) is 0 Å². The van der Waals surface area contributed by atoms with Crippen molar-refractivity contribution >= 4 is 5.91 Å². The van der Waals surface area contributed by atoms with Crippen LogP contribution in [0.25, 0.3) is 0 Å². The molecule has 0 saturated heterocycles. The molecule has 0 heterocycles. The summed E-state index contributed by atoms with van der Waals surface area (Å²) < 4.78 is 0. The molecule has 0 aromatic carbocycles. The van der Waals surface area contributed by atoms with E-state index in [9.17, 15) is 9.90 Å². The van der Waals surface area contributed by atoms with Crippen molar-refractivity contribution in [2.45, 2.75) is 64.4 Å². The van der Waals surface area contributed by atoms with E-state index in [-0.39, 0.29) is 5.91 Å². The van der Waals surface area contributed by atoms with Crippen molar-refractivity contribution in [3.8, 4) is 0 Å². The zero-order valence-electron chi connectivity index (χ0n) is 12.5. The van der Waals surface area contributed by atoms with Crippen LogP contribution in [-0.4, -0.2) is 29.7 Å². The normalized spacial score (nSPS) is 28.9. The summed E-state index contributed by atoms with van der Waals surface area (Å²) in [4.78, 5) is 11.7. The first-order chi connectivity index (χ1) is 8.99. The van der Waals surface area contributed by atoms with Gasteiger partial charge in [-0.1, -0.05) is 20.3 Å². The first-order valence-electron chi connectivity index (χ1n) is 7.68. The maximum atomic E-state index is 11.7. The van der Waals surface area contributed by atoms with E-state index in [1.807, 2.05) is 6.92 Å². The van der Waals surface area contributed by atoms with Gasteiger partial charge in [0.2, 0.25) is 5.91 Å². The number of aliphatic hydroxyl groups is 1. The van der Waals surface area contributed by atoms with E-state index < -0.39 is 5.60 Å². The number of nitrogens with one attached hydrogen (secondary N) is 1. The van der Waals surface area contributed by atoms with E-state index in [1.165, 1.54) is 6.42 Å². The molecule has 1 amide bonds. The van der Waals surface area contributed by atoms with E-state index >= 15 is 0 Å². The van der Waals surface area contributed by atoms with E-state index in [0.717, 1.165) is 38.0 Å². The Morgan fingerprint density at radius 3 is 2.63 bits per heavy atom. The molecule has 1 fully saturated rings. The van der Waals surface area contributed by atoms with Gasteiger partial charge in [0.15, 0.2) is 0 Å². The van der Waals surface area contributed by atoms with Gasteiger partial charge >= 0.3 is 0 Å². The van der Waals surface area contributed by atoms with Crippen LogP contribution in [0.5, 0.6) is 0 Å². The molecule has 1 rings (SSSR count). The van der Waals surface area contributed by atoms with E-state index in [4.69, 9.17) is 5.73 Å². The largest absolute Gasteiger partial charge is 0.388 e. The summed E-state index contributed by atoms with van der Waals surface area (Å²) in [6, 6.07) is 0. The molecule has 4 heteroatoms. The highest BCUT2D eigenvalue weighted by molar-refractivity contribution is 5.75. The maximum absolute atomic E-state index is 11.7. The van der Waals surface area contributed by atoms with Gasteiger partial charge in [-0.3, -0.25) is 4.79 Å². The molecule has 1 unspecified atom stereocenters. The van der Waals surface area contributed by atoms with Crippen molar-refractivity contribution in [3.05, 3.63) is 0 Å². The lowest BCUT2D eigenvalue weighted by atomic mass is 9.78. The standard InChI is InChI=1S/C15H30N2O2/c1-3-13-6-8-15(19,9-7-13)11-17-14(18)5-4-12(2)10-16/h12-13,19H,3-11,16H2,1-2H3,(H,17,18).